The number of hydrogen-bond acceptors (Lipinski definition) is 3. The predicted molar refractivity (Wildman–Crippen MR) is 67.4 cm³/mol. The van der Waals surface area contributed by atoms with Gasteiger partial charge in [0, 0.05) is 12.5 Å². The van der Waals surface area contributed by atoms with Crippen LogP contribution >= 0.6 is 0 Å². The molecule has 2 aliphatic carbocycles. The van der Waals surface area contributed by atoms with E-state index in [0.717, 1.165) is 6.92 Å². The van der Waals surface area contributed by atoms with Gasteiger partial charge in [0.25, 0.3) is 0 Å². The van der Waals surface area contributed by atoms with E-state index >= 15 is 0 Å². The van der Waals surface area contributed by atoms with Gasteiger partial charge in [0.1, 0.15) is 0 Å². The normalized spacial score (nSPS) is 12.5. The molecule has 0 bridgehead atoms. The first-order valence-electron chi connectivity index (χ1n) is 5.70. The van der Waals surface area contributed by atoms with Crippen LogP contribution < -0.4 is 0 Å². The molecule has 0 unspecified atom stereocenters. The minimum atomic E-state index is -4.72. The molecule has 0 spiro atoms. The Labute approximate surface area is 113 Å². The summed E-state index contributed by atoms with van der Waals surface area (Å²) >= 11 is 0. The topological polar surface area (TPSA) is 38.7 Å². The van der Waals surface area contributed by atoms with Crippen molar-refractivity contribution in [2.45, 2.75) is 13.1 Å². The largest absolute Gasteiger partial charge is 0.437 e. The lowest BCUT2D eigenvalue weighted by molar-refractivity contribution is -0.141. The van der Waals surface area contributed by atoms with Gasteiger partial charge in [-0.1, -0.05) is 47.6 Å². The van der Waals surface area contributed by atoms with E-state index in [-0.39, 0.29) is 5.56 Å². The van der Waals surface area contributed by atoms with E-state index in [9.17, 15) is 18.0 Å². The number of rotatable bonds is 2. The minimum absolute atomic E-state index is 0.120. The van der Waals surface area contributed by atoms with Crippen LogP contribution in [0.2, 0.25) is 0 Å². The second-order valence-corrected chi connectivity index (χ2v) is 4.05. The maximum atomic E-state index is 13.0. The molecule has 0 aromatic rings. The highest BCUT2D eigenvalue weighted by Gasteiger charge is 2.39. The van der Waals surface area contributed by atoms with Crippen molar-refractivity contribution < 1.29 is 22.8 Å². The van der Waals surface area contributed by atoms with Crippen molar-refractivity contribution >= 4 is 11.7 Å². The molecule has 0 radical (unpaired) electrons. The van der Waals surface area contributed by atoms with Crippen molar-refractivity contribution in [2.24, 2.45) is 5.16 Å². The van der Waals surface area contributed by atoms with Gasteiger partial charge >= 0.3 is 12.1 Å². The summed E-state index contributed by atoms with van der Waals surface area (Å²) in [6.07, 6.45) is -4.72. The van der Waals surface area contributed by atoms with Crippen molar-refractivity contribution in [3.8, 4) is 11.1 Å². The van der Waals surface area contributed by atoms with Crippen molar-refractivity contribution in [3.63, 3.8) is 0 Å². The second kappa shape index (κ2) is 5.32. The first-order valence-corrected chi connectivity index (χ1v) is 5.70. The Hall–Kier alpha value is -2.37. The smallest absolute Gasteiger partial charge is 0.318 e. The average molecular weight is 281 g/mol. The van der Waals surface area contributed by atoms with Crippen LogP contribution in [-0.4, -0.2) is 17.9 Å². The van der Waals surface area contributed by atoms with E-state index < -0.39 is 17.9 Å². The summed E-state index contributed by atoms with van der Waals surface area (Å²) in [6, 6.07) is 11.2. The third kappa shape index (κ3) is 2.96. The van der Waals surface area contributed by atoms with Crippen LogP contribution in [0.3, 0.4) is 0 Å². The molecule has 20 heavy (non-hydrogen) atoms. The Morgan fingerprint density at radius 2 is 1.80 bits per heavy atom. The van der Waals surface area contributed by atoms with Gasteiger partial charge in [0.2, 0.25) is 0 Å². The lowest BCUT2D eigenvalue weighted by Crippen LogP contribution is -2.24. The first kappa shape index (κ1) is 14.0. The van der Waals surface area contributed by atoms with E-state index in [1.807, 2.05) is 0 Å². The molecular weight excluding hydrogens is 271 g/mol. The molecule has 0 heterocycles. The first-order chi connectivity index (χ1) is 9.39. The summed E-state index contributed by atoms with van der Waals surface area (Å²) in [4.78, 5) is 14.8. The van der Waals surface area contributed by atoms with Crippen molar-refractivity contribution in [1.29, 1.82) is 0 Å². The summed E-state index contributed by atoms with van der Waals surface area (Å²) in [5.74, 6) is -0.909. The lowest BCUT2D eigenvalue weighted by Gasteiger charge is -2.09. The van der Waals surface area contributed by atoms with Crippen LogP contribution in [0.4, 0.5) is 13.2 Å². The van der Waals surface area contributed by atoms with Crippen molar-refractivity contribution in [1.82, 2.24) is 0 Å². The fourth-order valence-corrected chi connectivity index (χ4v) is 1.78. The van der Waals surface area contributed by atoms with Gasteiger partial charge in [-0.2, -0.15) is 13.2 Å². The van der Waals surface area contributed by atoms with E-state index in [2.05, 4.69) is 9.99 Å². The third-order valence-electron chi connectivity index (χ3n) is 2.58. The van der Waals surface area contributed by atoms with E-state index in [1.165, 1.54) is 6.07 Å². The molecular formula is C14H10F3NO2. The van der Waals surface area contributed by atoms with Gasteiger partial charge in [-0.25, -0.2) is 4.79 Å². The number of nitrogens with zero attached hydrogens (tertiary/aromatic N) is 1. The van der Waals surface area contributed by atoms with Gasteiger partial charge < -0.3 is 4.84 Å². The molecule has 2 rings (SSSR count). The maximum Gasteiger partial charge on any atom is 0.437 e. The van der Waals surface area contributed by atoms with Crippen LogP contribution in [0.1, 0.15) is 12.5 Å². The molecule has 3 nitrogen and oxygen atoms in total. The average Bonchev–Trinajstić information content (AvgIpc) is 2.58. The molecule has 0 N–H and O–H groups in total. The molecule has 104 valence electrons. The number of carbonyl (C=O) groups is 1. The van der Waals surface area contributed by atoms with Crippen molar-refractivity contribution in [3.05, 3.63) is 48.0 Å². The van der Waals surface area contributed by atoms with Gasteiger partial charge in [0.15, 0.2) is 5.71 Å². The molecule has 6 heteroatoms. The minimum Gasteiger partial charge on any atom is -0.318 e. The van der Waals surface area contributed by atoms with E-state index in [4.69, 9.17) is 0 Å². The Balaban J connectivity index is 2.54. The fraction of sp³-hybridized carbons (Fsp3) is 0.143. The number of oxime groups is 1. The van der Waals surface area contributed by atoms with Crippen LogP contribution in [0, 0.1) is 0 Å². The van der Waals surface area contributed by atoms with E-state index in [1.54, 1.807) is 36.4 Å². The van der Waals surface area contributed by atoms with Crippen LogP contribution in [0.25, 0.3) is 11.1 Å². The molecule has 0 saturated heterocycles. The Kier molecular flexibility index (Phi) is 3.74. The highest BCUT2D eigenvalue weighted by molar-refractivity contribution is 6.10. The SMILES string of the molecule is CC(=O)ON=C(c1ccc2cccccc1-2)C(F)(F)F. The molecule has 0 amide bonds. The lowest BCUT2D eigenvalue weighted by atomic mass is 10.1. The maximum absolute atomic E-state index is 13.0. The number of alkyl halides is 3. The van der Waals surface area contributed by atoms with Gasteiger partial charge in [-0.05, 0) is 11.1 Å². The van der Waals surface area contributed by atoms with Crippen LogP contribution in [0.15, 0.2) is 47.6 Å². The summed E-state index contributed by atoms with van der Waals surface area (Å²) in [5.41, 5.74) is -0.318. The van der Waals surface area contributed by atoms with Crippen LogP contribution in [0.5, 0.6) is 0 Å². The highest BCUT2D eigenvalue weighted by Crippen LogP contribution is 2.32. The third-order valence-corrected chi connectivity index (χ3v) is 2.58. The van der Waals surface area contributed by atoms with Crippen LogP contribution in [-0.2, 0) is 9.63 Å². The number of fused-ring (bicyclic) bond motifs is 1. The molecule has 0 atom stereocenters. The highest BCUT2D eigenvalue weighted by atomic mass is 19.4. The standard InChI is InChI=1S/C14H10F3NO2/c1-9(19)20-18-13(14(15,16)17)12-8-7-10-5-3-2-4-6-11(10)12/h2-8H,1H3. The summed E-state index contributed by atoms with van der Waals surface area (Å²) in [7, 11) is 0. The monoisotopic (exact) mass is 281 g/mol. The Morgan fingerprint density at radius 1 is 1.10 bits per heavy atom. The molecule has 0 saturated carbocycles. The van der Waals surface area contributed by atoms with Gasteiger partial charge in [-0.15, -0.1) is 0 Å². The summed E-state index contributed by atoms with van der Waals surface area (Å²) < 4.78 is 39.1. The molecule has 0 aliphatic heterocycles. The number of hydrogen-bond donors (Lipinski definition) is 0. The predicted octanol–water partition coefficient (Wildman–Crippen LogP) is 3.62. The summed E-state index contributed by atoms with van der Waals surface area (Å²) in [6.45, 7) is 0.987. The van der Waals surface area contributed by atoms with Gasteiger partial charge in [0.05, 0.1) is 0 Å². The molecule has 2 aliphatic rings. The zero-order chi connectivity index (χ0) is 14.8. The zero-order valence-electron chi connectivity index (χ0n) is 10.4. The quantitative estimate of drug-likeness (QED) is 0.479. The second-order valence-electron chi connectivity index (χ2n) is 4.05. The van der Waals surface area contributed by atoms with Crippen molar-refractivity contribution in [2.75, 3.05) is 0 Å². The fourth-order valence-electron chi connectivity index (χ4n) is 1.78. The number of carbonyl (C=O) groups excluding carboxylic acids is 1. The Bertz CT molecular complexity index is 635. The van der Waals surface area contributed by atoms with E-state index in [0.29, 0.717) is 11.1 Å². The molecule has 0 fully saturated rings. The molecule has 0 aromatic heterocycles. The zero-order valence-corrected chi connectivity index (χ0v) is 10.4. The number of halogens is 3. The summed E-state index contributed by atoms with van der Waals surface area (Å²) in [5, 5.41) is 2.95. The molecule has 0 aromatic carbocycles. The Morgan fingerprint density at radius 3 is 2.45 bits per heavy atom. The van der Waals surface area contributed by atoms with Gasteiger partial charge in [-0.3, -0.25) is 0 Å².